The van der Waals surface area contributed by atoms with Crippen LogP contribution in [-0.4, -0.2) is 0 Å². The lowest BCUT2D eigenvalue weighted by molar-refractivity contribution is 0.366. The Labute approximate surface area is 354 Å². The average molecular weight is 796 g/mol. The van der Waals surface area contributed by atoms with Crippen LogP contribution in [-0.2, 0) is 5.41 Å². The molecule has 2 heterocycles. The van der Waals surface area contributed by atoms with E-state index in [1.807, 2.05) is 22.7 Å². The van der Waals surface area contributed by atoms with Crippen molar-refractivity contribution in [2.45, 2.75) is 50.4 Å². The average Bonchev–Trinajstić information content (AvgIpc) is 3.86. The minimum atomic E-state index is 0.0276. The molecule has 0 unspecified atom stereocenters. The zero-order chi connectivity index (χ0) is 39.2. The summed E-state index contributed by atoms with van der Waals surface area (Å²) >= 11 is 3.78. The van der Waals surface area contributed by atoms with Gasteiger partial charge < -0.3 is 4.90 Å². The topological polar surface area (TPSA) is 3.24 Å². The van der Waals surface area contributed by atoms with Gasteiger partial charge in [-0.3, -0.25) is 0 Å². The molecule has 1 aliphatic rings. The smallest absolute Gasteiger partial charge is 0.0476 e. The van der Waals surface area contributed by atoms with E-state index < -0.39 is 0 Å². The Bertz CT molecular complexity index is 3060. The van der Waals surface area contributed by atoms with Crippen molar-refractivity contribution in [1.82, 2.24) is 0 Å². The lowest BCUT2D eigenvalue weighted by Crippen LogP contribution is -2.29. The maximum Gasteiger partial charge on any atom is 0.0476 e. The lowest BCUT2D eigenvalue weighted by Gasteiger charge is -2.37. The number of hydrogen-bond donors (Lipinski definition) is 0. The Morgan fingerprint density at radius 1 is 0.356 bits per heavy atom. The summed E-state index contributed by atoms with van der Waals surface area (Å²) in [6.45, 7) is 0. The predicted molar refractivity (Wildman–Crippen MR) is 257 cm³/mol. The molecular weight excluding hydrogens is 751 g/mol. The van der Waals surface area contributed by atoms with Crippen molar-refractivity contribution >= 4 is 80.1 Å². The number of hydrogen-bond acceptors (Lipinski definition) is 3. The second-order valence-electron chi connectivity index (χ2n) is 16.3. The van der Waals surface area contributed by atoms with Gasteiger partial charge in [-0.05, 0) is 101 Å². The van der Waals surface area contributed by atoms with Gasteiger partial charge in [0.2, 0.25) is 0 Å². The van der Waals surface area contributed by atoms with Gasteiger partial charge in [0.15, 0.2) is 0 Å². The molecule has 2 aromatic heterocycles. The van der Waals surface area contributed by atoms with E-state index in [0.717, 1.165) is 0 Å². The van der Waals surface area contributed by atoms with Gasteiger partial charge in [0.25, 0.3) is 0 Å². The minimum Gasteiger partial charge on any atom is -0.310 e. The Kier molecular flexibility index (Phi) is 9.37. The van der Waals surface area contributed by atoms with Crippen molar-refractivity contribution in [2.75, 3.05) is 4.90 Å². The van der Waals surface area contributed by atoms with Crippen molar-refractivity contribution in [3.05, 3.63) is 199 Å². The van der Waals surface area contributed by atoms with Crippen LogP contribution in [0.1, 0.15) is 56.1 Å². The molecule has 0 aliphatic heterocycles. The molecule has 11 rings (SSSR count). The molecule has 0 bridgehead atoms. The third-order valence-corrected chi connectivity index (χ3v) is 15.1. The van der Waals surface area contributed by atoms with E-state index in [-0.39, 0.29) is 5.41 Å². The molecule has 0 radical (unpaired) electrons. The standard InChI is InChI=1S/C56H45NS2/c1-2-13-35-56(36-14-3-1,41-21-11-6-12-22-41)42-27-29-43(30-28-42)57(44-32-34-50-49(37-44)55-47(24-16-26-52(55)58-50)40-19-9-5-10-20-40)45-31-33-48-53(38-45)59-51-25-15-23-46(54(48)51)39-17-7-4-8-18-39/h4-12,15-34,37-38H,1-3,13-14,35-36H2. The summed E-state index contributed by atoms with van der Waals surface area (Å²) in [5.74, 6) is 0. The van der Waals surface area contributed by atoms with Crippen molar-refractivity contribution in [3.8, 4) is 22.3 Å². The van der Waals surface area contributed by atoms with Gasteiger partial charge in [0.1, 0.15) is 0 Å². The summed E-state index contributed by atoms with van der Waals surface area (Å²) < 4.78 is 5.25. The molecule has 1 aliphatic carbocycles. The monoisotopic (exact) mass is 795 g/mol. The third kappa shape index (κ3) is 6.45. The van der Waals surface area contributed by atoms with E-state index in [9.17, 15) is 0 Å². The summed E-state index contributed by atoms with van der Waals surface area (Å²) in [6.07, 6.45) is 8.91. The van der Waals surface area contributed by atoms with E-state index in [1.54, 1.807) is 0 Å². The first kappa shape index (κ1) is 36.1. The van der Waals surface area contributed by atoms with Gasteiger partial charge in [0, 0.05) is 62.8 Å². The highest BCUT2D eigenvalue weighted by molar-refractivity contribution is 7.26. The molecule has 0 amide bonds. The minimum absolute atomic E-state index is 0.0276. The molecule has 59 heavy (non-hydrogen) atoms. The van der Waals surface area contributed by atoms with Gasteiger partial charge >= 0.3 is 0 Å². The molecule has 286 valence electrons. The van der Waals surface area contributed by atoms with E-state index in [2.05, 4.69) is 193 Å². The van der Waals surface area contributed by atoms with E-state index in [4.69, 9.17) is 0 Å². The lowest BCUT2D eigenvalue weighted by atomic mass is 9.67. The highest BCUT2D eigenvalue weighted by Gasteiger charge is 2.34. The first-order chi connectivity index (χ1) is 29.2. The van der Waals surface area contributed by atoms with Crippen LogP contribution in [0.3, 0.4) is 0 Å². The van der Waals surface area contributed by atoms with E-state index in [1.165, 1.54) is 136 Å². The van der Waals surface area contributed by atoms with Gasteiger partial charge in [0.05, 0.1) is 0 Å². The first-order valence-corrected chi connectivity index (χ1v) is 22.8. The van der Waals surface area contributed by atoms with Crippen molar-refractivity contribution in [1.29, 1.82) is 0 Å². The number of nitrogens with zero attached hydrogens (tertiary/aromatic N) is 1. The molecular formula is C56H45NS2. The predicted octanol–water partition coefficient (Wildman–Crippen LogP) is 17.3. The van der Waals surface area contributed by atoms with Crippen molar-refractivity contribution in [2.24, 2.45) is 0 Å². The maximum absolute atomic E-state index is 2.49. The fourth-order valence-electron chi connectivity index (χ4n) is 10.0. The van der Waals surface area contributed by atoms with Gasteiger partial charge in [-0.15, -0.1) is 22.7 Å². The number of benzene rings is 8. The van der Waals surface area contributed by atoms with Gasteiger partial charge in [-0.2, -0.15) is 0 Å². The Morgan fingerprint density at radius 2 is 0.864 bits per heavy atom. The van der Waals surface area contributed by atoms with Crippen molar-refractivity contribution in [3.63, 3.8) is 0 Å². The van der Waals surface area contributed by atoms with E-state index in [0.29, 0.717) is 0 Å². The number of anilines is 3. The molecule has 0 spiro atoms. The largest absolute Gasteiger partial charge is 0.310 e. The summed E-state index contributed by atoms with van der Waals surface area (Å²) in [7, 11) is 0. The molecule has 1 saturated carbocycles. The number of rotatable bonds is 7. The molecule has 1 fully saturated rings. The fraction of sp³-hybridized carbons (Fsp3) is 0.143. The van der Waals surface area contributed by atoms with Crippen LogP contribution in [0.2, 0.25) is 0 Å². The highest BCUT2D eigenvalue weighted by Crippen LogP contribution is 2.48. The molecule has 10 aromatic rings. The Balaban J connectivity index is 1.09. The van der Waals surface area contributed by atoms with Gasteiger partial charge in [-0.1, -0.05) is 166 Å². The van der Waals surface area contributed by atoms with Crippen LogP contribution in [0.4, 0.5) is 17.1 Å². The Hall–Kier alpha value is -6.00. The zero-order valence-electron chi connectivity index (χ0n) is 33.1. The zero-order valence-corrected chi connectivity index (χ0v) is 34.7. The SMILES string of the molecule is c1ccc(-c2cccc3sc4cc(N(c5ccc(C6(c7ccccc7)CCCCCCC6)cc5)c5ccc6sc7cccc(-c8ccccc8)c7c6c5)ccc4c23)cc1. The molecule has 0 N–H and O–H groups in total. The molecule has 3 heteroatoms. The first-order valence-electron chi connectivity index (χ1n) is 21.2. The van der Waals surface area contributed by atoms with Crippen LogP contribution in [0.25, 0.3) is 62.6 Å². The summed E-state index contributed by atoms with van der Waals surface area (Å²) in [5.41, 5.74) is 11.5. The van der Waals surface area contributed by atoms with E-state index >= 15 is 0 Å². The van der Waals surface area contributed by atoms with Crippen LogP contribution in [0.15, 0.2) is 188 Å². The van der Waals surface area contributed by atoms with Crippen LogP contribution in [0, 0.1) is 0 Å². The van der Waals surface area contributed by atoms with Crippen LogP contribution < -0.4 is 4.90 Å². The molecule has 0 saturated heterocycles. The second kappa shape index (κ2) is 15.3. The quantitative estimate of drug-likeness (QED) is 0.155. The van der Waals surface area contributed by atoms with Crippen LogP contribution >= 0.6 is 22.7 Å². The van der Waals surface area contributed by atoms with Gasteiger partial charge in [-0.25, -0.2) is 0 Å². The maximum atomic E-state index is 2.49. The molecule has 8 aromatic carbocycles. The molecule has 1 nitrogen and oxygen atoms in total. The third-order valence-electron chi connectivity index (χ3n) is 12.9. The summed E-state index contributed by atoms with van der Waals surface area (Å²) in [6, 6.07) is 70.5. The highest BCUT2D eigenvalue weighted by atomic mass is 32.1. The number of thiophene rings is 2. The second-order valence-corrected chi connectivity index (χ2v) is 18.4. The molecule has 0 atom stereocenters. The summed E-state index contributed by atoms with van der Waals surface area (Å²) in [5, 5.41) is 5.28. The number of fused-ring (bicyclic) bond motifs is 6. The summed E-state index contributed by atoms with van der Waals surface area (Å²) in [4.78, 5) is 2.49. The Morgan fingerprint density at radius 3 is 1.51 bits per heavy atom. The fourth-order valence-corrected chi connectivity index (χ4v) is 12.3. The normalized spacial score (nSPS) is 14.4. The van der Waals surface area contributed by atoms with Crippen LogP contribution in [0.5, 0.6) is 0 Å². The van der Waals surface area contributed by atoms with Crippen molar-refractivity contribution < 1.29 is 0 Å².